The molecule has 1 saturated heterocycles. The van der Waals surface area contributed by atoms with Gasteiger partial charge in [-0.3, -0.25) is 4.79 Å². The number of piperazine rings is 1. The van der Waals surface area contributed by atoms with Crippen molar-refractivity contribution in [2.45, 2.75) is 49.6 Å². The molecule has 4 rings (SSSR count). The molecule has 0 radical (unpaired) electrons. The molecule has 3 aromatic rings. The van der Waals surface area contributed by atoms with Crippen LogP contribution < -0.4 is 10.2 Å². The average Bonchev–Trinajstić information content (AvgIpc) is 3.03. The fraction of sp³-hybridized carbons (Fsp3) is 0.333. The van der Waals surface area contributed by atoms with Crippen molar-refractivity contribution in [1.29, 1.82) is 0 Å². The number of benzene rings is 2. The van der Waals surface area contributed by atoms with Crippen LogP contribution in [0.4, 0.5) is 32.2 Å². The van der Waals surface area contributed by atoms with Gasteiger partial charge in [-0.2, -0.15) is 30.6 Å². The number of hydrogen-bond acceptors (Lipinski definition) is 7. The quantitative estimate of drug-likeness (QED) is 0.282. The summed E-state index contributed by atoms with van der Waals surface area (Å²) < 4.78 is 99.0. The Hall–Kier alpha value is -4.71. The Kier molecular flexibility index (Phi) is 11.8. The lowest BCUT2D eigenvalue weighted by atomic mass is 10.0. The molecule has 260 valence electrons. The van der Waals surface area contributed by atoms with Gasteiger partial charge in [-0.15, -0.1) is 0 Å². The van der Waals surface area contributed by atoms with Gasteiger partial charge in [-0.05, 0) is 53.4 Å². The second kappa shape index (κ2) is 15.0. The molecule has 0 bridgehead atoms. The van der Waals surface area contributed by atoms with Crippen LogP contribution in [0, 0.1) is 0 Å². The molecule has 1 aromatic heterocycles. The molecular formula is C30H30F6N4O7S. The zero-order chi connectivity index (χ0) is 36.0. The minimum Gasteiger partial charge on any atom is -0.478 e. The maximum absolute atomic E-state index is 13.6. The third-order valence-electron chi connectivity index (χ3n) is 7.09. The van der Waals surface area contributed by atoms with E-state index in [0.717, 1.165) is 27.6 Å². The number of sulfonamides is 1. The molecule has 48 heavy (non-hydrogen) atoms. The monoisotopic (exact) mass is 704 g/mol. The van der Waals surface area contributed by atoms with Crippen molar-refractivity contribution in [2.75, 3.05) is 24.5 Å². The van der Waals surface area contributed by atoms with Gasteiger partial charge in [0.1, 0.15) is 11.9 Å². The van der Waals surface area contributed by atoms with Crippen LogP contribution in [0.25, 0.3) is 0 Å². The molecule has 2 aromatic carbocycles. The lowest BCUT2D eigenvalue weighted by Gasteiger charge is -2.40. The number of nitrogens with one attached hydrogen (secondary N) is 1. The Morgan fingerprint density at radius 2 is 1.52 bits per heavy atom. The van der Waals surface area contributed by atoms with E-state index < -0.39 is 51.8 Å². The van der Waals surface area contributed by atoms with Gasteiger partial charge in [0.15, 0.2) is 0 Å². The van der Waals surface area contributed by atoms with Crippen LogP contribution in [0.3, 0.4) is 0 Å². The van der Waals surface area contributed by atoms with Crippen LogP contribution in [0.15, 0.2) is 71.8 Å². The molecular weight excluding hydrogens is 674 g/mol. The number of rotatable bonds is 8. The van der Waals surface area contributed by atoms with E-state index in [1.807, 2.05) is 24.3 Å². The smallest absolute Gasteiger partial charge is 0.478 e. The van der Waals surface area contributed by atoms with E-state index in [-0.39, 0.29) is 42.5 Å². The first-order valence-corrected chi connectivity index (χ1v) is 15.5. The number of hydrogen-bond donors (Lipinski definition) is 3. The van der Waals surface area contributed by atoms with Crippen molar-refractivity contribution in [3.63, 3.8) is 0 Å². The number of aliphatic carboxylic acids is 1. The van der Waals surface area contributed by atoms with E-state index in [0.29, 0.717) is 18.1 Å². The predicted octanol–water partition coefficient (Wildman–Crippen LogP) is 4.75. The number of amides is 1. The first kappa shape index (κ1) is 37.7. The number of carboxylic acid groups (broad SMARTS) is 2. The minimum absolute atomic E-state index is 0.0272. The molecule has 0 spiro atoms. The molecule has 18 heteroatoms. The SMILES string of the molecule is CC(C)c1ccc(CNC(=O)[C@H]2CN(c3cc(C(=O)O)ccn3)CCN2S(=O)(=O)c2ccc(C(F)(F)F)cc2)cc1.O=C(O)C(F)(F)F. The normalized spacial score (nSPS) is 15.8. The van der Waals surface area contributed by atoms with Gasteiger partial charge in [0.05, 0.1) is 16.0 Å². The molecule has 1 aliphatic heterocycles. The van der Waals surface area contributed by atoms with Gasteiger partial charge in [0.2, 0.25) is 15.9 Å². The van der Waals surface area contributed by atoms with Crippen LogP contribution >= 0.6 is 0 Å². The summed E-state index contributed by atoms with van der Waals surface area (Å²) in [5, 5.41) is 19.2. The fourth-order valence-electron chi connectivity index (χ4n) is 4.48. The van der Waals surface area contributed by atoms with Crippen LogP contribution in [0.2, 0.25) is 0 Å². The van der Waals surface area contributed by atoms with Crippen molar-refractivity contribution >= 4 is 33.7 Å². The molecule has 1 fully saturated rings. The molecule has 0 saturated carbocycles. The number of halogens is 6. The van der Waals surface area contributed by atoms with Crippen molar-refractivity contribution in [3.05, 3.63) is 89.1 Å². The number of pyridine rings is 1. The molecule has 11 nitrogen and oxygen atoms in total. The first-order valence-electron chi connectivity index (χ1n) is 14.0. The summed E-state index contributed by atoms with van der Waals surface area (Å²) in [6.45, 7) is 3.94. The Morgan fingerprint density at radius 1 is 0.938 bits per heavy atom. The van der Waals surface area contributed by atoms with E-state index in [1.54, 1.807) is 4.90 Å². The van der Waals surface area contributed by atoms with Gasteiger partial charge in [0.25, 0.3) is 0 Å². The van der Waals surface area contributed by atoms with Gasteiger partial charge in [-0.1, -0.05) is 38.1 Å². The zero-order valence-electron chi connectivity index (χ0n) is 25.3. The molecule has 1 atom stereocenters. The number of aromatic nitrogens is 1. The standard InChI is InChI=1S/C28H29F3N4O5S.C2HF3O2/c1-18(2)20-5-3-19(4-6-20)16-33-26(36)24-17-34(25-15-21(27(37)38)11-12-32-25)13-14-35(24)41(39,40)23-9-7-22(8-10-23)28(29,30)31;3-2(4,5)1(6)7/h3-12,15,18,24H,13-14,16-17H2,1-2H3,(H,33,36)(H,37,38);(H,6,7)/t24-;/m1./s1. The molecule has 3 N–H and O–H groups in total. The molecule has 1 amide bonds. The maximum atomic E-state index is 13.6. The van der Waals surface area contributed by atoms with Crippen molar-refractivity contribution in [2.24, 2.45) is 0 Å². The van der Waals surface area contributed by atoms with Crippen LogP contribution in [-0.4, -0.2) is 77.6 Å². The Morgan fingerprint density at radius 3 is 2.02 bits per heavy atom. The first-order chi connectivity index (χ1) is 22.2. The number of carboxylic acids is 2. The van der Waals surface area contributed by atoms with Crippen molar-refractivity contribution < 1.29 is 59.4 Å². The third kappa shape index (κ3) is 9.66. The lowest BCUT2D eigenvalue weighted by Crippen LogP contribution is -2.60. The zero-order valence-corrected chi connectivity index (χ0v) is 26.1. The minimum atomic E-state index is -5.08. The van der Waals surface area contributed by atoms with Crippen LogP contribution in [-0.2, 0) is 32.3 Å². The topological polar surface area (TPSA) is 157 Å². The van der Waals surface area contributed by atoms with Gasteiger partial charge >= 0.3 is 24.3 Å². The lowest BCUT2D eigenvalue weighted by molar-refractivity contribution is -0.192. The number of anilines is 1. The highest BCUT2D eigenvalue weighted by Gasteiger charge is 2.41. The number of alkyl halides is 6. The van der Waals surface area contributed by atoms with E-state index in [4.69, 9.17) is 9.90 Å². The Labute approximate surface area is 270 Å². The number of carbonyl (C=O) groups excluding carboxylic acids is 1. The predicted molar refractivity (Wildman–Crippen MR) is 159 cm³/mol. The summed E-state index contributed by atoms with van der Waals surface area (Å²) >= 11 is 0. The fourth-order valence-corrected chi connectivity index (χ4v) is 6.05. The highest BCUT2D eigenvalue weighted by molar-refractivity contribution is 7.89. The van der Waals surface area contributed by atoms with Crippen LogP contribution in [0.5, 0.6) is 0 Å². The summed E-state index contributed by atoms with van der Waals surface area (Å²) in [5.74, 6) is -3.97. The van der Waals surface area contributed by atoms with Gasteiger partial charge < -0.3 is 20.4 Å². The maximum Gasteiger partial charge on any atom is 0.490 e. The summed E-state index contributed by atoms with van der Waals surface area (Å²) in [6.07, 6.45) is -8.42. The highest BCUT2D eigenvalue weighted by Crippen LogP contribution is 2.31. The number of carbonyl (C=O) groups is 3. The van der Waals surface area contributed by atoms with Crippen molar-refractivity contribution in [1.82, 2.24) is 14.6 Å². The number of aromatic carboxylic acids is 1. The third-order valence-corrected chi connectivity index (χ3v) is 9.02. The van der Waals surface area contributed by atoms with E-state index in [1.165, 1.54) is 18.3 Å². The second-order valence-corrected chi connectivity index (χ2v) is 12.6. The van der Waals surface area contributed by atoms with Crippen LogP contribution in [0.1, 0.15) is 46.8 Å². The average molecular weight is 705 g/mol. The van der Waals surface area contributed by atoms with Gasteiger partial charge in [0, 0.05) is 32.4 Å². The van der Waals surface area contributed by atoms with E-state index in [2.05, 4.69) is 24.1 Å². The summed E-state index contributed by atoms with van der Waals surface area (Å²) in [7, 11) is -4.38. The van der Waals surface area contributed by atoms with E-state index >= 15 is 0 Å². The summed E-state index contributed by atoms with van der Waals surface area (Å²) in [4.78, 5) is 39.2. The number of nitrogens with zero attached hydrogens (tertiary/aromatic N) is 3. The Bertz CT molecular complexity index is 1720. The molecule has 0 unspecified atom stereocenters. The molecule has 2 heterocycles. The molecule has 1 aliphatic rings. The molecule has 0 aliphatic carbocycles. The summed E-state index contributed by atoms with van der Waals surface area (Å²) in [5.41, 5.74) is 0.889. The van der Waals surface area contributed by atoms with Crippen molar-refractivity contribution in [3.8, 4) is 0 Å². The highest BCUT2D eigenvalue weighted by atomic mass is 32.2. The van der Waals surface area contributed by atoms with Gasteiger partial charge in [-0.25, -0.2) is 23.0 Å². The largest absolute Gasteiger partial charge is 0.490 e. The summed E-state index contributed by atoms with van der Waals surface area (Å²) in [6, 6.07) is 12.1. The Balaban J connectivity index is 0.000000804. The second-order valence-electron chi connectivity index (χ2n) is 10.7. The van der Waals surface area contributed by atoms with E-state index in [9.17, 15) is 49.5 Å².